The van der Waals surface area contributed by atoms with Gasteiger partial charge >= 0.3 is 0 Å². The first-order chi connectivity index (χ1) is 29.7. The van der Waals surface area contributed by atoms with Crippen LogP contribution in [0.1, 0.15) is 153 Å². The third kappa shape index (κ3) is 13.9. The van der Waals surface area contributed by atoms with Gasteiger partial charge in [0.25, 0.3) is 0 Å². The predicted octanol–water partition coefficient (Wildman–Crippen LogP) is 6.44. The second kappa shape index (κ2) is 22.3. The molecule has 0 unspecified atom stereocenters. The predicted molar refractivity (Wildman–Crippen MR) is 247 cm³/mol. The van der Waals surface area contributed by atoms with E-state index in [2.05, 4.69) is 22.1 Å². The summed E-state index contributed by atoms with van der Waals surface area (Å²) in [6, 6.07) is 11.2. The quantitative estimate of drug-likeness (QED) is 0.0743. The summed E-state index contributed by atoms with van der Waals surface area (Å²) in [5.74, 6) is -2.27. The Kier molecular flexibility index (Phi) is 18.8. The lowest BCUT2D eigenvalue weighted by Gasteiger charge is -2.18. The number of aliphatic hydroxyl groups excluding tert-OH is 2. The largest absolute Gasteiger partial charge is 0.396 e. The smallest absolute Gasteiger partial charge is 0.196 e. The number of carbonyl (C=O) groups excluding carboxylic acids is 2. The first kappa shape index (κ1) is 54.1. The number of aryl methyl sites for hydroxylation is 2. The van der Waals surface area contributed by atoms with Crippen molar-refractivity contribution in [3.63, 3.8) is 0 Å². The number of aliphatic hydroxyl groups is 4. The number of hydrogen-bond acceptors (Lipinski definition) is 16. The standard InChI is InChI=1S/C24H32N2O4S2.C22H28N2O6S2/c1-7-9-17-10-16(13-25)11-19(15(3)4)20(17)12-18(27)14-32(29,30)22-21(8-2)26-23(31-22)24(5,6)28;1-13(2)17-8-14(10-23)7-15(5-6-25)18(17)9-16(27)12-32(29,30)20-19(11-26)24-21(31-20)22(3,4)28/h10-11,15,28H,7-9,12,14H2,1-6H3;7-8,13,25-26,28H,5-6,9,11-12H2,1-4H3. The van der Waals surface area contributed by atoms with Crippen molar-refractivity contribution in [2.45, 2.75) is 146 Å². The van der Waals surface area contributed by atoms with Crippen molar-refractivity contribution in [1.29, 1.82) is 10.5 Å². The molecule has 0 saturated carbocycles. The topological polar surface area (TPSA) is 257 Å². The van der Waals surface area contributed by atoms with Crippen molar-refractivity contribution in [3.8, 4) is 12.1 Å². The molecule has 4 N–H and O–H groups in total. The molecule has 18 heteroatoms. The van der Waals surface area contributed by atoms with E-state index in [-0.39, 0.29) is 56.8 Å². The van der Waals surface area contributed by atoms with Crippen LogP contribution in [0.5, 0.6) is 0 Å². The molecule has 0 spiro atoms. The summed E-state index contributed by atoms with van der Waals surface area (Å²) in [5.41, 5.74) is 3.30. The molecule has 4 rings (SSSR count). The lowest BCUT2D eigenvalue weighted by atomic mass is 9.87. The highest BCUT2D eigenvalue weighted by Crippen LogP contribution is 2.35. The number of thiazole rings is 2. The van der Waals surface area contributed by atoms with Gasteiger partial charge in [-0.05, 0) is 116 Å². The van der Waals surface area contributed by atoms with Crippen LogP contribution in [0, 0.1) is 22.7 Å². The number of nitrogens with zero attached hydrogens (tertiary/aromatic N) is 4. The number of carbonyl (C=O) groups is 2. The molecular weight excluding hydrogens is 897 g/mol. The van der Waals surface area contributed by atoms with Crippen LogP contribution in [0.2, 0.25) is 0 Å². The van der Waals surface area contributed by atoms with Gasteiger partial charge in [0.05, 0.1) is 41.3 Å². The number of sulfone groups is 2. The van der Waals surface area contributed by atoms with E-state index in [1.54, 1.807) is 45.0 Å². The van der Waals surface area contributed by atoms with Gasteiger partial charge in [-0.15, -0.1) is 22.7 Å². The molecule has 0 bridgehead atoms. The lowest BCUT2D eigenvalue weighted by molar-refractivity contribution is -0.116. The molecule has 2 aromatic carbocycles. The summed E-state index contributed by atoms with van der Waals surface area (Å²) in [5, 5.41) is 58.4. The minimum Gasteiger partial charge on any atom is -0.396 e. The Balaban J connectivity index is 0.000000340. The molecule has 64 heavy (non-hydrogen) atoms. The van der Waals surface area contributed by atoms with Crippen LogP contribution < -0.4 is 0 Å². The highest BCUT2D eigenvalue weighted by atomic mass is 32.2. The number of hydrogen-bond donors (Lipinski definition) is 4. The molecule has 2 aromatic heterocycles. The Bertz CT molecular complexity index is 2450. The summed E-state index contributed by atoms with van der Waals surface area (Å²) in [6.07, 6.45) is 2.04. The van der Waals surface area contributed by atoms with Crippen molar-refractivity contribution in [3.05, 3.63) is 90.2 Å². The Hall–Kier alpha value is -4.24. The lowest BCUT2D eigenvalue weighted by Crippen LogP contribution is -2.20. The van der Waals surface area contributed by atoms with E-state index in [0.717, 1.165) is 51.3 Å². The molecule has 0 aliphatic carbocycles. The molecule has 348 valence electrons. The van der Waals surface area contributed by atoms with Crippen LogP contribution >= 0.6 is 22.7 Å². The fourth-order valence-corrected chi connectivity index (χ4v) is 12.9. The SMILES string of the molecule is CC(C)c1cc(C#N)cc(CCO)c1CC(=O)CS(=O)(=O)c1sc(C(C)(C)O)nc1CO.CCCc1cc(C#N)cc(C(C)C)c1CC(=O)CS(=O)(=O)c1sc(C(C)(C)O)nc1CC. The molecule has 0 fully saturated rings. The Morgan fingerprint density at radius 2 is 1.08 bits per heavy atom. The van der Waals surface area contributed by atoms with E-state index >= 15 is 0 Å². The van der Waals surface area contributed by atoms with Crippen molar-refractivity contribution < 1.29 is 46.9 Å². The van der Waals surface area contributed by atoms with Crippen LogP contribution in [-0.2, 0) is 79.2 Å². The zero-order valence-corrected chi connectivity index (χ0v) is 41.5. The van der Waals surface area contributed by atoms with Gasteiger partial charge in [-0.1, -0.05) is 48.0 Å². The number of Topliss-reactive ketones (excluding diaryl/α,β-unsaturated/α-hetero) is 2. The van der Waals surface area contributed by atoms with Crippen molar-refractivity contribution in [1.82, 2.24) is 9.97 Å². The fraction of sp³-hybridized carbons (Fsp3) is 0.522. The molecule has 14 nitrogen and oxygen atoms in total. The minimum atomic E-state index is -4.10. The maximum absolute atomic E-state index is 13.1. The van der Waals surface area contributed by atoms with Crippen LogP contribution in [0.3, 0.4) is 0 Å². The summed E-state index contributed by atoms with van der Waals surface area (Å²) in [7, 11) is -7.99. The average molecular weight is 957 g/mol. The zero-order valence-electron chi connectivity index (χ0n) is 38.2. The third-order valence-electron chi connectivity index (χ3n) is 10.0. The summed E-state index contributed by atoms with van der Waals surface area (Å²) < 4.78 is 52.0. The number of ketones is 2. The summed E-state index contributed by atoms with van der Waals surface area (Å²) in [6.45, 7) is 16.9. The maximum Gasteiger partial charge on any atom is 0.196 e. The van der Waals surface area contributed by atoms with Gasteiger partial charge in [0.15, 0.2) is 31.2 Å². The molecule has 0 saturated heterocycles. The molecule has 0 aliphatic rings. The Morgan fingerprint density at radius 3 is 1.41 bits per heavy atom. The van der Waals surface area contributed by atoms with Crippen LogP contribution in [-0.4, -0.2) is 76.9 Å². The maximum atomic E-state index is 13.1. The monoisotopic (exact) mass is 956 g/mol. The Labute approximate surface area is 385 Å². The summed E-state index contributed by atoms with van der Waals surface area (Å²) in [4.78, 5) is 34.2. The highest BCUT2D eigenvalue weighted by Gasteiger charge is 2.33. The number of benzene rings is 2. The van der Waals surface area contributed by atoms with E-state index in [1.165, 1.54) is 13.8 Å². The van der Waals surface area contributed by atoms with Gasteiger partial charge < -0.3 is 20.4 Å². The number of aromatic nitrogens is 2. The first-order valence-electron chi connectivity index (χ1n) is 20.9. The van der Waals surface area contributed by atoms with Crippen molar-refractivity contribution >= 4 is 53.9 Å². The number of rotatable bonds is 20. The molecule has 0 atom stereocenters. The van der Waals surface area contributed by atoms with Gasteiger partial charge in [0.1, 0.15) is 41.1 Å². The molecule has 4 aromatic rings. The van der Waals surface area contributed by atoms with Gasteiger partial charge in [-0.25, -0.2) is 26.8 Å². The van der Waals surface area contributed by atoms with Crippen LogP contribution in [0.15, 0.2) is 32.7 Å². The van der Waals surface area contributed by atoms with Crippen molar-refractivity contribution in [2.24, 2.45) is 0 Å². The van der Waals surface area contributed by atoms with Gasteiger partial charge in [-0.3, -0.25) is 9.59 Å². The van der Waals surface area contributed by atoms with Gasteiger partial charge in [-0.2, -0.15) is 10.5 Å². The first-order valence-corrected chi connectivity index (χ1v) is 25.9. The van der Waals surface area contributed by atoms with Gasteiger partial charge in [0.2, 0.25) is 0 Å². The Morgan fingerprint density at radius 1 is 0.688 bits per heavy atom. The zero-order chi connectivity index (χ0) is 48.5. The highest BCUT2D eigenvalue weighted by molar-refractivity contribution is 7.94. The van der Waals surface area contributed by atoms with E-state index in [1.807, 2.05) is 34.6 Å². The second-order valence-corrected chi connectivity index (χ2v) is 23.6. The van der Waals surface area contributed by atoms with E-state index in [9.17, 15) is 57.4 Å². The molecule has 0 aliphatic heterocycles. The molecular formula is C46H60N4O10S4. The van der Waals surface area contributed by atoms with E-state index in [0.29, 0.717) is 45.8 Å². The second-order valence-electron chi connectivity index (χ2n) is 17.2. The van der Waals surface area contributed by atoms with Crippen LogP contribution in [0.4, 0.5) is 0 Å². The summed E-state index contributed by atoms with van der Waals surface area (Å²) >= 11 is 1.67. The van der Waals surface area contributed by atoms with Gasteiger partial charge in [0, 0.05) is 19.4 Å². The van der Waals surface area contributed by atoms with E-state index in [4.69, 9.17) is 0 Å². The molecule has 0 radical (unpaired) electrons. The fourth-order valence-electron chi connectivity index (χ4n) is 7.00. The van der Waals surface area contributed by atoms with E-state index < -0.39 is 60.6 Å². The average Bonchev–Trinajstić information content (AvgIpc) is 3.86. The third-order valence-corrected chi connectivity index (χ3v) is 17.5. The normalized spacial score (nSPS) is 12.2. The molecule has 2 heterocycles. The molecule has 0 amide bonds. The van der Waals surface area contributed by atoms with Crippen LogP contribution in [0.25, 0.3) is 0 Å². The van der Waals surface area contributed by atoms with Crippen molar-refractivity contribution in [2.75, 3.05) is 18.1 Å². The number of nitriles is 2. The minimum absolute atomic E-state index is 0.00635.